The van der Waals surface area contributed by atoms with Gasteiger partial charge in [-0.3, -0.25) is 0 Å². The number of nitrogens with zero attached hydrogens (tertiary/aromatic N) is 1. The van der Waals surface area contributed by atoms with E-state index in [0.29, 0.717) is 32.1 Å². The van der Waals surface area contributed by atoms with E-state index >= 15 is 0 Å². The number of hydrogen-bond donors (Lipinski definition) is 2. The summed E-state index contributed by atoms with van der Waals surface area (Å²) in [5.41, 5.74) is 6.85. The number of aryl methyl sites for hydroxylation is 1. The zero-order valence-corrected chi connectivity index (χ0v) is 13.5. The average molecular weight is 317 g/mol. The summed E-state index contributed by atoms with van der Waals surface area (Å²) in [7, 11) is -3.37. The number of nitrogens with one attached hydrogen (secondary N) is 1. The normalized spacial score (nSPS) is 18.5. The van der Waals surface area contributed by atoms with Crippen molar-refractivity contribution in [3.63, 3.8) is 0 Å². The van der Waals surface area contributed by atoms with Crippen molar-refractivity contribution in [2.75, 3.05) is 19.6 Å². The summed E-state index contributed by atoms with van der Waals surface area (Å²) < 4.78 is 28.8. The van der Waals surface area contributed by atoms with Crippen molar-refractivity contribution < 1.29 is 8.42 Å². The lowest BCUT2D eigenvalue weighted by atomic mass is 9.99. The lowest BCUT2D eigenvalue weighted by Gasteiger charge is -2.30. The van der Waals surface area contributed by atoms with Gasteiger partial charge in [-0.2, -0.15) is 17.4 Å². The molecule has 0 unspecified atom stereocenters. The van der Waals surface area contributed by atoms with Crippen molar-refractivity contribution in [3.05, 3.63) is 21.9 Å². The van der Waals surface area contributed by atoms with E-state index in [9.17, 15) is 8.42 Å². The summed E-state index contributed by atoms with van der Waals surface area (Å²) in [4.78, 5) is 1.10. The van der Waals surface area contributed by atoms with Crippen LogP contribution >= 0.6 is 11.3 Å². The molecule has 0 bridgehead atoms. The highest BCUT2D eigenvalue weighted by Gasteiger charge is 2.27. The minimum absolute atomic E-state index is 0.389. The average Bonchev–Trinajstić information content (AvgIpc) is 2.93. The van der Waals surface area contributed by atoms with Gasteiger partial charge in [0.2, 0.25) is 0 Å². The minimum Gasteiger partial charge on any atom is -0.330 e. The fourth-order valence-corrected chi connectivity index (χ4v) is 4.68. The molecule has 114 valence electrons. The van der Waals surface area contributed by atoms with Crippen LogP contribution in [-0.2, 0) is 23.2 Å². The molecule has 0 radical (unpaired) electrons. The molecule has 3 N–H and O–H groups in total. The predicted molar refractivity (Wildman–Crippen MR) is 82.8 cm³/mol. The highest BCUT2D eigenvalue weighted by molar-refractivity contribution is 7.87. The van der Waals surface area contributed by atoms with E-state index in [2.05, 4.69) is 17.7 Å². The van der Waals surface area contributed by atoms with E-state index in [-0.39, 0.29) is 0 Å². The Kier molecular flexibility index (Phi) is 5.57. The molecule has 0 saturated carbocycles. The van der Waals surface area contributed by atoms with Crippen LogP contribution in [0, 0.1) is 5.92 Å². The zero-order chi connectivity index (χ0) is 14.6. The van der Waals surface area contributed by atoms with Crippen LogP contribution in [0.3, 0.4) is 0 Å². The third-order valence-corrected chi connectivity index (χ3v) is 6.40. The first kappa shape index (κ1) is 15.9. The van der Waals surface area contributed by atoms with Gasteiger partial charge >= 0.3 is 0 Å². The Labute approximate surface area is 125 Å². The first-order valence-electron chi connectivity index (χ1n) is 7.07. The molecule has 20 heavy (non-hydrogen) atoms. The van der Waals surface area contributed by atoms with Crippen LogP contribution in [0.2, 0.25) is 0 Å². The van der Waals surface area contributed by atoms with Crippen LogP contribution in [0.25, 0.3) is 0 Å². The number of thiophene rings is 1. The Hall–Kier alpha value is -0.470. The highest BCUT2D eigenvalue weighted by Crippen LogP contribution is 2.20. The lowest BCUT2D eigenvalue weighted by Crippen LogP contribution is -2.45. The second kappa shape index (κ2) is 7.00. The molecule has 1 aliphatic heterocycles. The van der Waals surface area contributed by atoms with E-state index in [1.165, 1.54) is 5.56 Å². The molecule has 1 aromatic heterocycles. The monoisotopic (exact) mass is 317 g/mol. The fraction of sp³-hybridized carbons (Fsp3) is 0.692. The van der Waals surface area contributed by atoms with Crippen LogP contribution in [0.4, 0.5) is 0 Å². The molecule has 1 aromatic rings. The highest BCUT2D eigenvalue weighted by atomic mass is 32.2. The van der Waals surface area contributed by atoms with Gasteiger partial charge in [-0.1, -0.05) is 6.92 Å². The maximum atomic E-state index is 12.3. The summed E-state index contributed by atoms with van der Waals surface area (Å²) in [6.45, 7) is 4.26. The predicted octanol–water partition coefficient (Wildman–Crippen LogP) is 1.32. The van der Waals surface area contributed by atoms with E-state index in [1.807, 2.05) is 5.38 Å². The molecule has 7 heteroatoms. The third-order valence-electron chi connectivity index (χ3n) is 3.88. The molecule has 0 amide bonds. The van der Waals surface area contributed by atoms with Gasteiger partial charge in [-0.25, -0.2) is 0 Å². The first-order valence-corrected chi connectivity index (χ1v) is 9.38. The number of hydrogen-bond acceptors (Lipinski definition) is 4. The SMILES string of the molecule is CCc1ccsc1CNS(=O)(=O)N1CCC(CN)CC1. The van der Waals surface area contributed by atoms with Crippen molar-refractivity contribution in [2.24, 2.45) is 11.7 Å². The minimum atomic E-state index is -3.37. The molecule has 0 atom stereocenters. The van der Waals surface area contributed by atoms with Gasteiger partial charge in [-0.05, 0) is 48.7 Å². The molecule has 5 nitrogen and oxygen atoms in total. The standard InChI is InChI=1S/C13H23N3O2S2/c1-2-12-5-8-19-13(12)10-15-20(17,18)16-6-3-11(9-14)4-7-16/h5,8,11,15H,2-4,6-7,9-10,14H2,1H3. The molecule has 0 spiro atoms. The van der Waals surface area contributed by atoms with E-state index in [0.717, 1.165) is 24.1 Å². The van der Waals surface area contributed by atoms with Gasteiger partial charge in [0.25, 0.3) is 10.2 Å². The van der Waals surface area contributed by atoms with Crippen LogP contribution in [0.1, 0.15) is 30.2 Å². The van der Waals surface area contributed by atoms with Crippen LogP contribution in [0.15, 0.2) is 11.4 Å². The first-order chi connectivity index (χ1) is 9.56. The maximum absolute atomic E-state index is 12.3. The van der Waals surface area contributed by atoms with E-state index < -0.39 is 10.2 Å². The largest absolute Gasteiger partial charge is 0.330 e. The Morgan fingerprint density at radius 1 is 1.45 bits per heavy atom. The number of piperidine rings is 1. The van der Waals surface area contributed by atoms with Gasteiger partial charge in [0.05, 0.1) is 0 Å². The molecule has 2 rings (SSSR count). The Morgan fingerprint density at radius 3 is 2.75 bits per heavy atom. The van der Waals surface area contributed by atoms with Crippen molar-refractivity contribution >= 4 is 21.5 Å². The Morgan fingerprint density at radius 2 is 2.15 bits per heavy atom. The molecule has 2 heterocycles. The van der Waals surface area contributed by atoms with Crippen LogP contribution in [-0.4, -0.2) is 32.4 Å². The Balaban J connectivity index is 1.91. The van der Waals surface area contributed by atoms with E-state index in [1.54, 1.807) is 15.6 Å². The number of rotatable bonds is 6. The molecule has 0 aromatic carbocycles. The molecule has 1 aliphatic rings. The fourth-order valence-electron chi connectivity index (χ4n) is 2.47. The second-order valence-electron chi connectivity index (χ2n) is 5.13. The smallest absolute Gasteiger partial charge is 0.279 e. The van der Waals surface area contributed by atoms with Crippen molar-refractivity contribution in [1.82, 2.24) is 9.03 Å². The van der Waals surface area contributed by atoms with Gasteiger partial charge in [0, 0.05) is 24.5 Å². The molecule has 1 saturated heterocycles. The quantitative estimate of drug-likeness (QED) is 0.831. The topological polar surface area (TPSA) is 75.4 Å². The maximum Gasteiger partial charge on any atom is 0.279 e. The third kappa shape index (κ3) is 3.79. The summed E-state index contributed by atoms with van der Waals surface area (Å²) in [5.74, 6) is 0.463. The molecular weight excluding hydrogens is 294 g/mol. The van der Waals surface area contributed by atoms with Gasteiger partial charge in [0.15, 0.2) is 0 Å². The van der Waals surface area contributed by atoms with Crippen molar-refractivity contribution in [3.8, 4) is 0 Å². The summed E-state index contributed by atoms with van der Waals surface area (Å²) in [6.07, 6.45) is 2.65. The zero-order valence-electron chi connectivity index (χ0n) is 11.8. The molecular formula is C13H23N3O2S2. The summed E-state index contributed by atoms with van der Waals surface area (Å²) in [5, 5.41) is 2.01. The second-order valence-corrected chi connectivity index (χ2v) is 7.88. The summed E-state index contributed by atoms with van der Waals surface area (Å²) >= 11 is 1.60. The molecule has 1 fully saturated rings. The summed E-state index contributed by atoms with van der Waals surface area (Å²) in [6, 6.07) is 2.06. The Bertz CT molecular complexity index is 519. The van der Waals surface area contributed by atoms with Gasteiger partial charge in [-0.15, -0.1) is 11.3 Å². The van der Waals surface area contributed by atoms with Crippen LogP contribution in [0.5, 0.6) is 0 Å². The van der Waals surface area contributed by atoms with Crippen molar-refractivity contribution in [2.45, 2.75) is 32.7 Å². The van der Waals surface area contributed by atoms with Gasteiger partial charge < -0.3 is 5.73 Å². The number of nitrogens with two attached hydrogens (primary N) is 1. The lowest BCUT2D eigenvalue weighted by molar-refractivity contribution is 0.276. The van der Waals surface area contributed by atoms with Crippen LogP contribution < -0.4 is 10.5 Å². The van der Waals surface area contributed by atoms with Gasteiger partial charge in [0.1, 0.15) is 0 Å². The van der Waals surface area contributed by atoms with E-state index in [4.69, 9.17) is 5.73 Å². The van der Waals surface area contributed by atoms with Crippen molar-refractivity contribution in [1.29, 1.82) is 0 Å². The molecule has 0 aliphatic carbocycles.